The summed E-state index contributed by atoms with van der Waals surface area (Å²) in [7, 11) is 0. The van der Waals surface area contributed by atoms with E-state index in [4.69, 9.17) is 5.73 Å². The minimum absolute atomic E-state index is 0.256. The molecule has 1 heterocycles. The number of hydrogen-bond donors (Lipinski definition) is 3. The Labute approximate surface area is 105 Å². The molecule has 0 aliphatic heterocycles. The molecule has 4 N–H and O–H groups in total. The predicted octanol–water partition coefficient (Wildman–Crippen LogP) is 0.739. The molecule has 5 nitrogen and oxygen atoms in total. The number of aliphatic hydroxyl groups is 1. The van der Waals surface area contributed by atoms with E-state index in [1.54, 1.807) is 5.38 Å². The van der Waals surface area contributed by atoms with Gasteiger partial charge in [0.25, 0.3) is 5.91 Å². The second-order valence-electron chi connectivity index (χ2n) is 4.32. The lowest BCUT2D eigenvalue weighted by Gasteiger charge is -2.13. The molecular formula is C11H19N3O2S. The summed E-state index contributed by atoms with van der Waals surface area (Å²) < 4.78 is 0. The number of hydrogen-bond acceptors (Lipinski definition) is 5. The summed E-state index contributed by atoms with van der Waals surface area (Å²) in [5, 5.41) is 14.7. The van der Waals surface area contributed by atoms with Crippen LogP contribution in [-0.4, -0.2) is 28.6 Å². The number of amides is 1. The summed E-state index contributed by atoms with van der Waals surface area (Å²) in [5.74, 6) is 0.147. The van der Waals surface area contributed by atoms with Gasteiger partial charge < -0.3 is 16.2 Å². The quantitative estimate of drug-likeness (QED) is 0.701. The third kappa shape index (κ3) is 4.80. The van der Waals surface area contributed by atoms with E-state index in [1.165, 1.54) is 11.3 Å². The van der Waals surface area contributed by atoms with E-state index in [1.807, 2.05) is 13.8 Å². The fraction of sp³-hybridized carbons (Fsp3) is 0.636. The maximum atomic E-state index is 11.6. The van der Waals surface area contributed by atoms with Crippen molar-refractivity contribution in [2.45, 2.75) is 32.9 Å². The summed E-state index contributed by atoms with van der Waals surface area (Å²) in [5.41, 5.74) is 5.78. The number of carbonyl (C=O) groups excluding carboxylic acids is 1. The molecule has 6 heteroatoms. The Morgan fingerprint density at radius 3 is 2.88 bits per heavy atom. The number of rotatable bonds is 6. The zero-order chi connectivity index (χ0) is 12.8. The van der Waals surface area contributed by atoms with Crippen molar-refractivity contribution in [2.75, 3.05) is 6.54 Å². The molecule has 17 heavy (non-hydrogen) atoms. The number of carbonyl (C=O) groups is 1. The lowest BCUT2D eigenvalue weighted by molar-refractivity contribution is 0.0896. The smallest absolute Gasteiger partial charge is 0.270 e. The number of aromatic nitrogens is 1. The fourth-order valence-corrected chi connectivity index (χ4v) is 2.09. The number of aliphatic hydroxyl groups excluding tert-OH is 1. The highest BCUT2D eigenvalue weighted by Gasteiger charge is 2.12. The topological polar surface area (TPSA) is 88.2 Å². The van der Waals surface area contributed by atoms with Gasteiger partial charge in [-0.2, -0.15) is 0 Å². The Balaban J connectivity index is 2.39. The molecule has 1 aromatic heterocycles. The van der Waals surface area contributed by atoms with E-state index in [0.717, 1.165) is 5.01 Å². The van der Waals surface area contributed by atoms with Crippen LogP contribution in [0.25, 0.3) is 0 Å². The van der Waals surface area contributed by atoms with E-state index in [2.05, 4.69) is 10.3 Å². The highest BCUT2D eigenvalue weighted by Crippen LogP contribution is 2.09. The summed E-state index contributed by atoms with van der Waals surface area (Å²) in [6, 6.07) is 0. The predicted molar refractivity (Wildman–Crippen MR) is 67.8 cm³/mol. The van der Waals surface area contributed by atoms with Crippen molar-refractivity contribution >= 4 is 17.2 Å². The summed E-state index contributed by atoms with van der Waals surface area (Å²) in [6.07, 6.45) is 0.164. The van der Waals surface area contributed by atoms with Gasteiger partial charge in [0.05, 0.1) is 6.10 Å². The van der Waals surface area contributed by atoms with Crippen LogP contribution in [0.2, 0.25) is 0 Å². The monoisotopic (exact) mass is 257 g/mol. The van der Waals surface area contributed by atoms with Crippen molar-refractivity contribution in [3.63, 3.8) is 0 Å². The van der Waals surface area contributed by atoms with Crippen LogP contribution in [0, 0.1) is 5.92 Å². The Bertz CT molecular complexity index is 365. The minimum Gasteiger partial charge on any atom is -0.391 e. The second kappa shape index (κ2) is 6.68. The third-order valence-corrected chi connectivity index (χ3v) is 3.07. The van der Waals surface area contributed by atoms with Crippen molar-refractivity contribution in [3.05, 3.63) is 16.1 Å². The normalized spacial score (nSPS) is 12.8. The first kappa shape index (κ1) is 14.1. The molecule has 0 aromatic carbocycles. The minimum atomic E-state index is -0.508. The molecule has 1 aromatic rings. The summed E-state index contributed by atoms with van der Waals surface area (Å²) in [6.45, 7) is 4.65. The molecule has 96 valence electrons. The maximum Gasteiger partial charge on any atom is 0.270 e. The lowest BCUT2D eigenvalue weighted by atomic mass is 10.1. The average molecular weight is 257 g/mol. The van der Waals surface area contributed by atoms with Crippen LogP contribution < -0.4 is 11.1 Å². The van der Waals surface area contributed by atoms with Crippen molar-refractivity contribution in [2.24, 2.45) is 11.7 Å². The number of nitrogens with zero attached hydrogens (tertiary/aromatic N) is 1. The molecule has 0 aliphatic carbocycles. The molecule has 0 bridgehead atoms. The fourth-order valence-electron chi connectivity index (χ4n) is 1.44. The van der Waals surface area contributed by atoms with Gasteiger partial charge in [0.1, 0.15) is 10.7 Å². The molecule has 1 rings (SSSR count). The summed E-state index contributed by atoms with van der Waals surface area (Å²) in [4.78, 5) is 15.7. The van der Waals surface area contributed by atoms with Gasteiger partial charge in [-0.05, 0) is 12.3 Å². The zero-order valence-corrected chi connectivity index (χ0v) is 11.0. The van der Waals surface area contributed by atoms with Gasteiger partial charge in [0, 0.05) is 18.5 Å². The largest absolute Gasteiger partial charge is 0.391 e. The van der Waals surface area contributed by atoms with Gasteiger partial charge in [0.2, 0.25) is 0 Å². The van der Waals surface area contributed by atoms with E-state index in [0.29, 0.717) is 24.6 Å². The van der Waals surface area contributed by atoms with Gasteiger partial charge in [-0.25, -0.2) is 4.98 Å². The Morgan fingerprint density at radius 2 is 2.35 bits per heavy atom. The summed E-state index contributed by atoms with van der Waals surface area (Å²) >= 11 is 1.36. The number of nitrogens with two attached hydrogens (primary N) is 1. The SMILES string of the molecule is CC(C)CC(O)CNC(=O)c1csc(CN)n1. The van der Waals surface area contributed by atoms with Crippen molar-refractivity contribution in [1.29, 1.82) is 0 Å². The Hall–Kier alpha value is -0.980. The molecule has 0 spiro atoms. The zero-order valence-electron chi connectivity index (χ0n) is 10.1. The second-order valence-corrected chi connectivity index (χ2v) is 5.27. The molecule has 0 saturated carbocycles. The van der Waals surface area contributed by atoms with Crippen molar-refractivity contribution < 1.29 is 9.90 Å². The highest BCUT2D eigenvalue weighted by molar-refractivity contribution is 7.09. The van der Waals surface area contributed by atoms with Crippen LogP contribution in [0.4, 0.5) is 0 Å². The van der Waals surface area contributed by atoms with E-state index < -0.39 is 6.10 Å². The van der Waals surface area contributed by atoms with Gasteiger partial charge in [-0.15, -0.1) is 11.3 Å². The van der Waals surface area contributed by atoms with E-state index >= 15 is 0 Å². The molecule has 0 saturated heterocycles. The highest BCUT2D eigenvalue weighted by atomic mass is 32.1. The van der Waals surface area contributed by atoms with Gasteiger partial charge in [0.15, 0.2) is 0 Å². The first-order valence-corrected chi connectivity index (χ1v) is 6.51. The molecule has 0 aliphatic rings. The van der Waals surface area contributed by atoms with Gasteiger partial charge >= 0.3 is 0 Å². The average Bonchev–Trinajstić information content (AvgIpc) is 2.73. The third-order valence-electron chi connectivity index (χ3n) is 2.20. The molecule has 1 amide bonds. The van der Waals surface area contributed by atoms with Gasteiger partial charge in [-0.3, -0.25) is 4.79 Å². The van der Waals surface area contributed by atoms with Crippen LogP contribution in [-0.2, 0) is 6.54 Å². The van der Waals surface area contributed by atoms with E-state index in [-0.39, 0.29) is 12.5 Å². The first-order valence-electron chi connectivity index (χ1n) is 5.63. The van der Waals surface area contributed by atoms with Crippen LogP contribution in [0.15, 0.2) is 5.38 Å². The number of nitrogens with one attached hydrogen (secondary N) is 1. The molecule has 1 unspecified atom stereocenters. The molecular weight excluding hydrogens is 238 g/mol. The van der Waals surface area contributed by atoms with Crippen LogP contribution >= 0.6 is 11.3 Å². The Morgan fingerprint density at radius 1 is 1.65 bits per heavy atom. The standard InChI is InChI=1S/C11H19N3O2S/c1-7(2)3-8(15)5-13-11(16)9-6-17-10(4-12)14-9/h6-8,15H,3-5,12H2,1-2H3,(H,13,16). The molecule has 1 atom stereocenters. The van der Waals surface area contributed by atoms with Crippen LogP contribution in [0.1, 0.15) is 35.8 Å². The Kier molecular flexibility index (Phi) is 5.54. The lowest BCUT2D eigenvalue weighted by Crippen LogP contribution is -2.33. The maximum absolute atomic E-state index is 11.6. The van der Waals surface area contributed by atoms with Crippen LogP contribution in [0.3, 0.4) is 0 Å². The first-order chi connectivity index (χ1) is 8.02. The van der Waals surface area contributed by atoms with Crippen molar-refractivity contribution in [1.82, 2.24) is 10.3 Å². The number of thiazole rings is 1. The molecule has 0 radical (unpaired) electrons. The molecule has 0 fully saturated rings. The van der Waals surface area contributed by atoms with E-state index in [9.17, 15) is 9.90 Å². The van der Waals surface area contributed by atoms with Gasteiger partial charge in [-0.1, -0.05) is 13.8 Å². The van der Waals surface area contributed by atoms with Crippen molar-refractivity contribution in [3.8, 4) is 0 Å². The van der Waals surface area contributed by atoms with Crippen LogP contribution in [0.5, 0.6) is 0 Å².